The Morgan fingerprint density at radius 1 is 1.38 bits per heavy atom. The van der Waals surface area contributed by atoms with Crippen molar-refractivity contribution in [3.8, 4) is 23.3 Å². The summed E-state index contributed by atoms with van der Waals surface area (Å²) in [5.74, 6) is 2.00. The quantitative estimate of drug-likeness (QED) is 0.652. The first-order chi connectivity index (χ1) is 7.84. The van der Waals surface area contributed by atoms with E-state index in [4.69, 9.17) is 8.94 Å². The average Bonchev–Trinajstić information content (AvgIpc) is 2.96. The maximum Gasteiger partial charge on any atom is 0.294 e. The lowest BCUT2D eigenvalue weighted by Gasteiger charge is -1.92. The highest BCUT2D eigenvalue weighted by atomic mass is 16.5. The maximum absolute atomic E-state index is 5.16. The van der Waals surface area contributed by atoms with Crippen LogP contribution in [0.4, 0.5) is 0 Å². The van der Waals surface area contributed by atoms with Crippen LogP contribution in [0.1, 0.15) is 0 Å². The molecule has 6 heteroatoms. The van der Waals surface area contributed by atoms with Crippen LogP contribution in [-0.4, -0.2) is 19.7 Å². The number of aromatic nitrogens is 4. The molecule has 0 radical (unpaired) electrons. The number of hydrogen-bond acceptors (Lipinski definition) is 5. The molecule has 0 aliphatic carbocycles. The highest BCUT2D eigenvalue weighted by Gasteiger charge is 2.14. The van der Waals surface area contributed by atoms with Crippen molar-refractivity contribution >= 4 is 0 Å². The minimum absolute atomic E-state index is 0.350. The van der Waals surface area contributed by atoms with Gasteiger partial charge in [0.15, 0.2) is 11.6 Å². The van der Waals surface area contributed by atoms with E-state index in [1.165, 1.54) is 0 Å². The highest BCUT2D eigenvalue weighted by Crippen LogP contribution is 2.20. The molecule has 3 aromatic heterocycles. The van der Waals surface area contributed by atoms with Crippen LogP contribution in [0, 0.1) is 0 Å². The van der Waals surface area contributed by atoms with Crippen molar-refractivity contribution in [2.45, 2.75) is 0 Å². The van der Waals surface area contributed by atoms with Crippen LogP contribution in [0.15, 0.2) is 39.7 Å². The van der Waals surface area contributed by atoms with Crippen LogP contribution in [0.2, 0.25) is 0 Å². The Morgan fingerprint density at radius 2 is 2.31 bits per heavy atom. The number of furan rings is 1. The van der Waals surface area contributed by atoms with Crippen LogP contribution < -0.4 is 0 Å². The fourth-order valence-corrected chi connectivity index (χ4v) is 1.40. The maximum atomic E-state index is 5.16. The lowest BCUT2D eigenvalue weighted by Crippen LogP contribution is -1.92. The first-order valence-corrected chi connectivity index (χ1v) is 4.70. The SMILES string of the molecule is Cn1ccnc1-c1noc(-c2ccco2)n1. The largest absolute Gasteiger partial charge is 0.459 e. The van der Waals surface area contributed by atoms with Crippen molar-refractivity contribution < 1.29 is 8.94 Å². The summed E-state index contributed by atoms with van der Waals surface area (Å²) in [4.78, 5) is 8.33. The van der Waals surface area contributed by atoms with Gasteiger partial charge in [0.25, 0.3) is 5.89 Å². The molecule has 0 saturated carbocycles. The molecule has 0 saturated heterocycles. The van der Waals surface area contributed by atoms with Crippen LogP contribution >= 0.6 is 0 Å². The first kappa shape index (κ1) is 8.90. The van der Waals surface area contributed by atoms with E-state index in [0.29, 0.717) is 23.3 Å². The summed E-state index contributed by atoms with van der Waals surface area (Å²) in [5, 5.41) is 3.85. The van der Waals surface area contributed by atoms with Crippen LogP contribution in [0.3, 0.4) is 0 Å². The van der Waals surface area contributed by atoms with E-state index in [0.717, 1.165) is 0 Å². The van der Waals surface area contributed by atoms with E-state index < -0.39 is 0 Å². The molecular formula is C10H8N4O2. The van der Waals surface area contributed by atoms with Gasteiger partial charge in [-0.1, -0.05) is 5.16 Å². The van der Waals surface area contributed by atoms with Crippen molar-refractivity contribution in [3.63, 3.8) is 0 Å². The van der Waals surface area contributed by atoms with Gasteiger partial charge in [-0.25, -0.2) is 4.98 Å². The van der Waals surface area contributed by atoms with Crippen molar-refractivity contribution in [2.24, 2.45) is 7.05 Å². The zero-order chi connectivity index (χ0) is 11.0. The molecule has 3 aromatic rings. The van der Waals surface area contributed by atoms with Crippen LogP contribution in [0.25, 0.3) is 23.3 Å². The molecule has 3 heterocycles. The summed E-state index contributed by atoms with van der Waals surface area (Å²) in [6.45, 7) is 0. The second-order valence-corrected chi connectivity index (χ2v) is 3.26. The standard InChI is InChI=1S/C10H8N4O2/c1-14-5-4-11-9(14)8-12-10(16-13-8)7-3-2-6-15-7/h2-6H,1H3. The minimum Gasteiger partial charge on any atom is -0.459 e. The number of hydrogen-bond donors (Lipinski definition) is 0. The van der Waals surface area contributed by atoms with Crippen molar-refractivity contribution in [3.05, 3.63) is 30.8 Å². The molecule has 6 nitrogen and oxygen atoms in total. The van der Waals surface area contributed by atoms with E-state index in [2.05, 4.69) is 15.1 Å². The average molecular weight is 216 g/mol. The predicted octanol–water partition coefficient (Wildman–Crippen LogP) is 1.73. The minimum atomic E-state index is 0.350. The van der Waals surface area contributed by atoms with E-state index >= 15 is 0 Å². The topological polar surface area (TPSA) is 69.9 Å². The summed E-state index contributed by atoms with van der Waals surface area (Å²) in [5.41, 5.74) is 0. The number of nitrogens with zero attached hydrogens (tertiary/aromatic N) is 4. The highest BCUT2D eigenvalue weighted by molar-refractivity contribution is 5.50. The van der Waals surface area contributed by atoms with E-state index in [-0.39, 0.29) is 0 Å². The number of imidazole rings is 1. The second-order valence-electron chi connectivity index (χ2n) is 3.26. The molecule has 0 unspecified atom stereocenters. The van der Waals surface area contributed by atoms with Crippen molar-refractivity contribution in [2.75, 3.05) is 0 Å². The molecular weight excluding hydrogens is 208 g/mol. The first-order valence-electron chi connectivity index (χ1n) is 4.70. The Hall–Kier alpha value is -2.37. The van der Waals surface area contributed by atoms with Gasteiger partial charge in [-0.15, -0.1) is 0 Å². The van der Waals surface area contributed by atoms with Gasteiger partial charge in [0, 0.05) is 19.4 Å². The zero-order valence-electron chi connectivity index (χ0n) is 8.49. The Kier molecular flexibility index (Phi) is 1.86. The van der Waals surface area contributed by atoms with Gasteiger partial charge in [0.05, 0.1) is 6.26 Å². The zero-order valence-corrected chi connectivity index (χ0v) is 8.49. The Labute approximate surface area is 90.5 Å². The van der Waals surface area contributed by atoms with E-state index in [9.17, 15) is 0 Å². The van der Waals surface area contributed by atoms with Crippen molar-refractivity contribution in [1.29, 1.82) is 0 Å². The molecule has 0 aliphatic heterocycles. The molecule has 0 aromatic carbocycles. The number of rotatable bonds is 2. The third kappa shape index (κ3) is 1.31. The van der Waals surface area contributed by atoms with Gasteiger partial charge < -0.3 is 13.5 Å². The lowest BCUT2D eigenvalue weighted by atomic mass is 10.4. The molecule has 0 aliphatic rings. The second kappa shape index (κ2) is 3.34. The summed E-state index contributed by atoms with van der Waals surface area (Å²) in [7, 11) is 1.87. The molecule has 3 rings (SSSR count). The molecule has 16 heavy (non-hydrogen) atoms. The molecule has 0 amide bonds. The third-order valence-electron chi connectivity index (χ3n) is 2.18. The third-order valence-corrected chi connectivity index (χ3v) is 2.18. The van der Waals surface area contributed by atoms with Crippen LogP contribution in [-0.2, 0) is 7.05 Å². The van der Waals surface area contributed by atoms with Crippen molar-refractivity contribution in [1.82, 2.24) is 19.7 Å². The van der Waals surface area contributed by atoms with Gasteiger partial charge in [0.2, 0.25) is 5.82 Å². The Balaban J connectivity index is 2.03. The fourth-order valence-electron chi connectivity index (χ4n) is 1.40. The summed E-state index contributed by atoms with van der Waals surface area (Å²) < 4.78 is 12.1. The lowest BCUT2D eigenvalue weighted by molar-refractivity contribution is 0.416. The summed E-state index contributed by atoms with van der Waals surface area (Å²) in [6.07, 6.45) is 5.05. The summed E-state index contributed by atoms with van der Waals surface area (Å²) in [6, 6.07) is 3.52. The molecule has 0 fully saturated rings. The van der Waals surface area contributed by atoms with Gasteiger partial charge >= 0.3 is 0 Å². The molecule has 0 bridgehead atoms. The van der Waals surface area contributed by atoms with Gasteiger partial charge in [-0.3, -0.25) is 0 Å². The Bertz CT molecular complexity index is 594. The van der Waals surface area contributed by atoms with Gasteiger partial charge in [0.1, 0.15) is 0 Å². The predicted molar refractivity (Wildman–Crippen MR) is 54.2 cm³/mol. The van der Waals surface area contributed by atoms with E-state index in [1.54, 1.807) is 24.6 Å². The molecule has 0 spiro atoms. The van der Waals surface area contributed by atoms with Gasteiger partial charge in [-0.2, -0.15) is 4.98 Å². The van der Waals surface area contributed by atoms with E-state index in [1.807, 2.05) is 17.8 Å². The molecule has 0 atom stereocenters. The number of aryl methyl sites for hydroxylation is 1. The fraction of sp³-hybridized carbons (Fsp3) is 0.100. The molecule has 0 N–H and O–H groups in total. The Morgan fingerprint density at radius 3 is 3.00 bits per heavy atom. The molecule has 80 valence electrons. The van der Waals surface area contributed by atoms with Crippen LogP contribution in [0.5, 0.6) is 0 Å². The van der Waals surface area contributed by atoms with Gasteiger partial charge in [-0.05, 0) is 12.1 Å². The monoisotopic (exact) mass is 216 g/mol. The summed E-state index contributed by atoms with van der Waals surface area (Å²) >= 11 is 0. The normalized spacial score (nSPS) is 10.8. The smallest absolute Gasteiger partial charge is 0.294 e.